The summed E-state index contributed by atoms with van der Waals surface area (Å²) in [5.41, 5.74) is 3.71. The Morgan fingerprint density at radius 3 is 2.56 bits per heavy atom. The van der Waals surface area contributed by atoms with Crippen LogP contribution in [0.1, 0.15) is 30.9 Å². The minimum atomic E-state index is -0.0918. The van der Waals surface area contributed by atoms with Crippen molar-refractivity contribution in [3.8, 4) is 11.4 Å². The fraction of sp³-hybridized carbons (Fsp3) is 0.481. The third-order valence-corrected chi connectivity index (χ3v) is 7.89. The zero-order valence-corrected chi connectivity index (χ0v) is 20.9. The van der Waals surface area contributed by atoms with Crippen molar-refractivity contribution >= 4 is 11.6 Å². The maximum absolute atomic E-state index is 12.7. The molecule has 0 saturated carbocycles. The second kappa shape index (κ2) is 9.99. The van der Waals surface area contributed by atoms with Crippen molar-refractivity contribution < 1.29 is 0 Å². The number of nitrogens with one attached hydrogen (secondary N) is 1. The third kappa shape index (κ3) is 4.60. The van der Waals surface area contributed by atoms with Crippen molar-refractivity contribution in [2.45, 2.75) is 31.3 Å². The Morgan fingerprint density at radius 1 is 0.944 bits per heavy atom. The van der Waals surface area contributed by atoms with Crippen LogP contribution in [0.5, 0.6) is 0 Å². The monoisotopic (exact) mass is 486 g/mol. The molecule has 0 amide bonds. The van der Waals surface area contributed by atoms with Crippen LogP contribution in [0, 0.1) is 0 Å². The van der Waals surface area contributed by atoms with Crippen LogP contribution in [-0.2, 0) is 7.05 Å². The molecule has 0 spiro atoms. The van der Waals surface area contributed by atoms with E-state index in [0.717, 1.165) is 32.7 Å². The molecule has 188 valence electrons. The predicted octanol–water partition coefficient (Wildman–Crippen LogP) is 2.06. The Balaban J connectivity index is 1.17. The number of piperazine rings is 1. The summed E-state index contributed by atoms with van der Waals surface area (Å²) in [5.74, 6) is 0.671. The molecule has 1 unspecified atom stereocenters. The number of likely N-dealkylation sites (tertiary alicyclic amines) is 1. The topological polar surface area (TPSA) is 82.4 Å². The highest BCUT2D eigenvalue weighted by Crippen LogP contribution is 2.28. The first-order valence-corrected chi connectivity index (χ1v) is 13.1. The number of hydrogen-bond donors (Lipinski definition) is 1. The summed E-state index contributed by atoms with van der Waals surface area (Å²) < 4.78 is 1.63. The molecule has 36 heavy (non-hydrogen) atoms. The van der Waals surface area contributed by atoms with Crippen molar-refractivity contribution in [2.75, 3.05) is 55.6 Å². The summed E-state index contributed by atoms with van der Waals surface area (Å²) in [6, 6.07) is 13.2. The number of hydrogen-bond acceptors (Lipinski definition) is 8. The van der Waals surface area contributed by atoms with Gasteiger partial charge in [0, 0.05) is 69.8 Å². The molecule has 9 nitrogen and oxygen atoms in total. The Morgan fingerprint density at radius 2 is 1.78 bits per heavy atom. The molecular weight excluding hydrogens is 452 g/mol. The van der Waals surface area contributed by atoms with Gasteiger partial charge >= 0.3 is 0 Å². The summed E-state index contributed by atoms with van der Waals surface area (Å²) in [7, 11) is 1.78. The van der Waals surface area contributed by atoms with E-state index in [2.05, 4.69) is 54.2 Å². The lowest BCUT2D eigenvalue weighted by molar-refractivity contribution is 0.260. The number of anilines is 2. The van der Waals surface area contributed by atoms with Gasteiger partial charge in [0.2, 0.25) is 5.95 Å². The van der Waals surface area contributed by atoms with Crippen molar-refractivity contribution in [3.63, 3.8) is 0 Å². The quantitative estimate of drug-likeness (QED) is 0.587. The first kappa shape index (κ1) is 23.1. The number of nitrogens with zero attached hydrogens (tertiary/aromatic N) is 7. The van der Waals surface area contributed by atoms with Crippen LogP contribution in [0.4, 0.5) is 11.6 Å². The van der Waals surface area contributed by atoms with Crippen LogP contribution >= 0.6 is 0 Å². The first-order chi connectivity index (χ1) is 17.7. The average molecular weight is 487 g/mol. The van der Waals surface area contributed by atoms with Gasteiger partial charge in [-0.1, -0.05) is 12.1 Å². The van der Waals surface area contributed by atoms with E-state index in [9.17, 15) is 4.79 Å². The summed E-state index contributed by atoms with van der Waals surface area (Å²) in [6.07, 6.45) is 7.12. The summed E-state index contributed by atoms with van der Waals surface area (Å²) >= 11 is 0. The van der Waals surface area contributed by atoms with E-state index >= 15 is 0 Å². The Bertz CT molecular complexity index is 1240. The van der Waals surface area contributed by atoms with E-state index in [4.69, 9.17) is 4.98 Å². The summed E-state index contributed by atoms with van der Waals surface area (Å²) in [5, 5.41) is 3.65. The second-order valence-corrected chi connectivity index (χ2v) is 10.1. The summed E-state index contributed by atoms with van der Waals surface area (Å²) in [6.45, 7) is 7.16. The molecule has 3 saturated heterocycles. The van der Waals surface area contributed by atoms with Crippen LogP contribution < -0.4 is 20.7 Å². The van der Waals surface area contributed by atoms with Gasteiger partial charge in [0.15, 0.2) is 0 Å². The van der Waals surface area contributed by atoms with E-state index in [1.807, 2.05) is 0 Å². The van der Waals surface area contributed by atoms with E-state index in [-0.39, 0.29) is 11.6 Å². The molecule has 3 aromatic rings. The molecule has 1 N–H and O–H groups in total. The zero-order chi connectivity index (χ0) is 24.5. The molecule has 0 bridgehead atoms. The molecule has 5 heterocycles. The van der Waals surface area contributed by atoms with Gasteiger partial charge in [-0.3, -0.25) is 14.3 Å². The van der Waals surface area contributed by atoms with Crippen LogP contribution in [-0.4, -0.2) is 76.3 Å². The molecular formula is C27H34N8O. The maximum Gasteiger partial charge on any atom is 0.255 e. The van der Waals surface area contributed by atoms with Gasteiger partial charge < -0.3 is 15.1 Å². The minimum absolute atomic E-state index is 0.0918. The van der Waals surface area contributed by atoms with Crippen LogP contribution in [0.25, 0.3) is 11.4 Å². The van der Waals surface area contributed by atoms with Crippen LogP contribution in [0.15, 0.2) is 53.7 Å². The molecule has 6 rings (SSSR count). The van der Waals surface area contributed by atoms with Crippen molar-refractivity contribution in [2.24, 2.45) is 7.05 Å². The lowest BCUT2D eigenvalue weighted by Gasteiger charge is -2.35. The van der Waals surface area contributed by atoms with Gasteiger partial charge in [-0.15, -0.1) is 0 Å². The second-order valence-electron chi connectivity index (χ2n) is 10.1. The fourth-order valence-corrected chi connectivity index (χ4v) is 5.84. The van der Waals surface area contributed by atoms with Crippen molar-refractivity contribution in [1.29, 1.82) is 0 Å². The molecule has 1 aromatic carbocycles. The highest BCUT2D eigenvalue weighted by molar-refractivity contribution is 5.55. The minimum Gasteiger partial charge on any atom is -0.370 e. The molecule has 0 aliphatic carbocycles. The molecule has 3 aliphatic heterocycles. The highest BCUT2D eigenvalue weighted by Gasteiger charge is 2.30. The molecule has 3 aliphatic rings. The fourth-order valence-electron chi connectivity index (χ4n) is 5.84. The van der Waals surface area contributed by atoms with E-state index < -0.39 is 0 Å². The average Bonchev–Trinajstić information content (AvgIpc) is 3.64. The lowest BCUT2D eigenvalue weighted by atomic mass is 10.0. The normalized spacial score (nSPS) is 22.9. The van der Waals surface area contributed by atoms with Gasteiger partial charge in [0.05, 0.1) is 11.4 Å². The third-order valence-electron chi connectivity index (χ3n) is 7.89. The van der Waals surface area contributed by atoms with Gasteiger partial charge in [-0.2, -0.15) is 0 Å². The van der Waals surface area contributed by atoms with Crippen molar-refractivity contribution in [3.05, 3.63) is 64.8 Å². The van der Waals surface area contributed by atoms with Gasteiger partial charge in [-0.25, -0.2) is 15.0 Å². The lowest BCUT2D eigenvalue weighted by Crippen LogP contribution is -2.47. The Hall–Kier alpha value is -3.30. The smallest absolute Gasteiger partial charge is 0.255 e. The number of aromatic nitrogens is 4. The Labute approximate surface area is 211 Å². The van der Waals surface area contributed by atoms with Crippen molar-refractivity contribution in [1.82, 2.24) is 29.7 Å². The summed E-state index contributed by atoms with van der Waals surface area (Å²) in [4.78, 5) is 33.2. The molecule has 9 heteroatoms. The Kier molecular flexibility index (Phi) is 6.41. The van der Waals surface area contributed by atoms with Gasteiger partial charge in [-0.05, 0) is 56.1 Å². The van der Waals surface area contributed by atoms with Crippen LogP contribution in [0.2, 0.25) is 0 Å². The van der Waals surface area contributed by atoms with Gasteiger partial charge in [0.25, 0.3) is 5.56 Å². The van der Waals surface area contributed by atoms with E-state index in [0.29, 0.717) is 23.4 Å². The SMILES string of the molecule is Cn1c(N2CCNC(c3ccc(N4CC[C@H](N5CCCC5)C4)cc3)C2)nc(-c2ccncn2)cc1=O. The number of rotatable bonds is 5. The molecule has 2 atom stereocenters. The molecule has 2 aromatic heterocycles. The highest BCUT2D eigenvalue weighted by atomic mass is 16.1. The van der Waals surface area contributed by atoms with Gasteiger partial charge in [0.1, 0.15) is 6.33 Å². The van der Waals surface area contributed by atoms with Crippen LogP contribution in [0.3, 0.4) is 0 Å². The van der Waals surface area contributed by atoms with E-state index in [1.54, 1.807) is 23.9 Å². The van der Waals surface area contributed by atoms with E-state index in [1.165, 1.54) is 56.0 Å². The molecule has 3 fully saturated rings. The first-order valence-electron chi connectivity index (χ1n) is 13.1. The largest absolute Gasteiger partial charge is 0.370 e. The molecule has 0 radical (unpaired) electrons. The maximum atomic E-state index is 12.7. The predicted molar refractivity (Wildman–Crippen MR) is 141 cm³/mol. The number of benzene rings is 1. The zero-order valence-electron chi connectivity index (χ0n) is 20.9. The standard InChI is InChI=1S/C27H34N8O/c1-32-26(36)16-24(23-8-10-28-19-30-23)31-27(32)35-15-11-29-25(18-35)20-4-6-21(7-5-20)34-14-9-22(17-34)33-12-2-3-13-33/h4-8,10,16,19,22,25,29H,2-3,9,11-15,17-18H2,1H3/t22-,25?/m0/s1.